The van der Waals surface area contributed by atoms with Crippen molar-refractivity contribution in [2.45, 2.75) is 59.2 Å². The number of unbranched alkanes of at least 4 members (excludes halogenated alkanes) is 3. The summed E-state index contributed by atoms with van der Waals surface area (Å²) in [6.07, 6.45) is 5.15. The zero-order valence-corrected chi connectivity index (χ0v) is 20.3. The number of rotatable bonds is 13. The Bertz CT molecular complexity index is 884. The van der Waals surface area contributed by atoms with E-state index in [-0.39, 0.29) is 0 Å². The van der Waals surface area contributed by atoms with Gasteiger partial charge in [0, 0.05) is 19.6 Å². The van der Waals surface area contributed by atoms with E-state index in [1.54, 1.807) is 0 Å². The van der Waals surface area contributed by atoms with Gasteiger partial charge in [-0.3, -0.25) is 4.90 Å². The highest BCUT2D eigenvalue weighted by Gasteiger charge is 2.08. The molecule has 0 atom stereocenters. The molecule has 0 heterocycles. The van der Waals surface area contributed by atoms with Crippen LogP contribution in [0.5, 0.6) is 0 Å². The minimum Gasteiger partial charge on any atom is -0.302 e. The average molecular weight is 429 g/mol. The van der Waals surface area contributed by atoms with E-state index in [9.17, 15) is 0 Å². The van der Waals surface area contributed by atoms with Gasteiger partial charge in [0.1, 0.15) is 0 Å². The summed E-state index contributed by atoms with van der Waals surface area (Å²) >= 11 is 0. The molecule has 0 aliphatic heterocycles. The summed E-state index contributed by atoms with van der Waals surface area (Å²) in [5.74, 6) is 0. The van der Waals surface area contributed by atoms with Crippen molar-refractivity contribution in [3.05, 3.63) is 107 Å². The first-order valence-corrected chi connectivity index (χ1v) is 12.1. The Morgan fingerprint density at radius 3 is 1.62 bits per heavy atom. The van der Waals surface area contributed by atoms with E-state index in [0.29, 0.717) is 0 Å². The average Bonchev–Trinajstić information content (AvgIpc) is 2.77. The largest absolute Gasteiger partial charge is 0.302 e. The molecule has 0 amide bonds. The van der Waals surface area contributed by atoms with Crippen molar-refractivity contribution < 1.29 is 0 Å². The highest BCUT2D eigenvalue weighted by molar-refractivity contribution is 5.28. The van der Waals surface area contributed by atoms with Crippen LogP contribution < -0.4 is 0 Å². The molecule has 3 rings (SSSR count). The number of nitrogens with zero attached hydrogens (tertiary/aromatic N) is 2. The molecule has 170 valence electrons. The zero-order chi connectivity index (χ0) is 22.6. The van der Waals surface area contributed by atoms with Gasteiger partial charge in [0.05, 0.1) is 0 Å². The molecule has 0 saturated heterocycles. The lowest BCUT2D eigenvalue weighted by Gasteiger charge is -2.23. The van der Waals surface area contributed by atoms with Crippen LogP contribution in [-0.4, -0.2) is 29.9 Å². The third kappa shape index (κ3) is 8.98. The van der Waals surface area contributed by atoms with Crippen molar-refractivity contribution in [2.75, 3.05) is 20.1 Å². The molecule has 0 saturated carbocycles. The van der Waals surface area contributed by atoms with E-state index in [1.165, 1.54) is 60.0 Å². The molecule has 0 bridgehead atoms. The lowest BCUT2D eigenvalue weighted by molar-refractivity contribution is 0.248. The highest BCUT2D eigenvalue weighted by Crippen LogP contribution is 2.15. The first-order valence-electron chi connectivity index (χ1n) is 12.1. The standard InChI is InChI=1S/C30H40N2/c1-26-20-27(2)22-30(21-26)25-32(24-29-16-10-7-11-17-29)19-13-5-4-12-18-31(3)23-28-14-8-6-9-15-28/h6-11,14-17,20-22H,4-5,12-13,18-19,23-25H2,1-3H3. The smallest absolute Gasteiger partial charge is 0.0237 e. The summed E-state index contributed by atoms with van der Waals surface area (Å²) in [5.41, 5.74) is 6.96. The molecule has 0 unspecified atom stereocenters. The van der Waals surface area contributed by atoms with Crippen LogP contribution in [-0.2, 0) is 19.6 Å². The van der Waals surface area contributed by atoms with Gasteiger partial charge >= 0.3 is 0 Å². The van der Waals surface area contributed by atoms with Gasteiger partial charge in [-0.1, -0.05) is 103 Å². The van der Waals surface area contributed by atoms with Gasteiger partial charge in [0.2, 0.25) is 0 Å². The fourth-order valence-corrected chi connectivity index (χ4v) is 4.52. The Kier molecular flexibility index (Phi) is 9.99. The summed E-state index contributed by atoms with van der Waals surface area (Å²) in [6.45, 7) is 9.82. The zero-order valence-electron chi connectivity index (χ0n) is 20.3. The summed E-state index contributed by atoms with van der Waals surface area (Å²) in [7, 11) is 2.23. The maximum absolute atomic E-state index is 2.62. The Balaban J connectivity index is 1.42. The van der Waals surface area contributed by atoms with Crippen LogP contribution in [0.1, 0.15) is 53.5 Å². The number of aryl methyl sites for hydroxylation is 2. The van der Waals surface area contributed by atoms with Crippen LogP contribution in [0.2, 0.25) is 0 Å². The fourth-order valence-electron chi connectivity index (χ4n) is 4.52. The van der Waals surface area contributed by atoms with E-state index >= 15 is 0 Å². The number of benzene rings is 3. The van der Waals surface area contributed by atoms with Gasteiger partial charge < -0.3 is 4.90 Å². The molecule has 0 aromatic heterocycles. The van der Waals surface area contributed by atoms with Gasteiger partial charge in [-0.05, 0) is 63.5 Å². The van der Waals surface area contributed by atoms with Crippen LogP contribution in [0.3, 0.4) is 0 Å². The maximum atomic E-state index is 2.62. The van der Waals surface area contributed by atoms with Gasteiger partial charge in [-0.2, -0.15) is 0 Å². The minimum absolute atomic E-state index is 1.02. The van der Waals surface area contributed by atoms with E-state index in [4.69, 9.17) is 0 Å². The second kappa shape index (κ2) is 13.2. The van der Waals surface area contributed by atoms with Crippen molar-refractivity contribution >= 4 is 0 Å². The second-order valence-corrected chi connectivity index (χ2v) is 9.33. The Morgan fingerprint density at radius 2 is 1.03 bits per heavy atom. The summed E-state index contributed by atoms with van der Waals surface area (Å²) < 4.78 is 0. The molecule has 3 aromatic rings. The van der Waals surface area contributed by atoms with Crippen molar-refractivity contribution in [2.24, 2.45) is 0 Å². The van der Waals surface area contributed by atoms with Crippen LogP contribution >= 0.6 is 0 Å². The first kappa shape index (κ1) is 24.2. The van der Waals surface area contributed by atoms with Crippen LogP contribution in [0.4, 0.5) is 0 Å². The summed E-state index contributed by atoms with van der Waals surface area (Å²) in [5, 5.41) is 0. The van der Waals surface area contributed by atoms with Crippen LogP contribution in [0.15, 0.2) is 78.9 Å². The van der Waals surface area contributed by atoms with Crippen molar-refractivity contribution in [1.29, 1.82) is 0 Å². The second-order valence-electron chi connectivity index (χ2n) is 9.33. The molecular weight excluding hydrogens is 388 g/mol. The first-order chi connectivity index (χ1) is 15.6. The van der Waals surface area contributed by atoms with Crippen LogP contribution in [0, 0.1) is 13.8 Å². The fraction of sp³-hybridized carbons (Fsp3) is 0.400. The lowest BCUT2D eigenvalue weighted by Crippen LogP contribution is -2.24. The van der Waals surface area contributed by atoms with Crippen molar-refractivity contribution in [3.8, 4) is 0 Å². The highest BCUT2D eigenvalue weighted by atomic mass is 15.1. The van der Waals surface area contributed by atoms with Crippen molar-refractivity contribution in [1.82, 2.24) is 9.80 Å². The van der Waals surface area contributed by atoms with E-state index in [2.05, 4.69) is 110 Å². The minimum atomic E-state index is 1.02. The van der Waals surface area contributed by atoms with Gasteiger partial charge in [0.25, 0.3) is 0 Å². The molecule has 2 nitrogen and oxygen atoms in total. The molecular formula is C30H40N2. The molecule has 0 fully saturated rings. The Hall–Kier alpha value is -2.42. The molecule has 0 N–H and O–H groups in total. The Labute approximate surface area is 195 Å². The third-order valence-corrected chi connectivity index (χ3v) is 6.00. The molecule has 0 radical (unpaired) electrons. The molecule has 0 aliphatic rings. The lowest BCUT2D eigenvalue weighted by atomic mass is 10.1. The topological polar surface area (TPSA) is 6.48 Å². The van der Waals surface area contributed by atoms with Gasteiger partial charge in [-0.15, -0.1) is 0 Å². The predicted octanol–water partition coefficient (Wildman–Crippen LogP) is 7.00. The van der Waals surface area contributed by atoms with E-state index in [1.807, 2.05) is 0 Å². The van der Waals surface area contributed by atoms with Gasteiger partial charge in [-0.25, -0.2) is 0 Å². The normalized spacial score (nSPS) is 11.4. The summed E-state index contributed by atoms with van der Waals surface area (Å²) in [4.78, 5) is 5.06. The number of hydrogen-bond acceptors (Lipinski definition) is 2. The molecule has 0 aliphatic carbocycles. The van der Waals surface area contributed by atoms with Crippen molar-refractivity contribution in [3.63, 3.8) is 0 Å². The van der Waals surface area contributed by atoms with E-state index in [0.717, 1.165) is 26.2 Å². The van der Waals surface area contributed by atoms with Gasteiger partial charge in [0.15, 0.2) is 0 Å². The molecule has 0 spiro atoms. The SMILES string of the molecule is Cc1cc(C)cc(CN(CCCCCCN(C)Cc2ccccc2)Cc2ccccc2)c1. The van der Waals surface area contributed by atoms with Crippen LogP contribution in [0.25, 0.3) is 0 Å². The predicted molar refractivity (Wildman–Crippen MR) is 138 cm³/mol. The number of hydrogen-bond donors (Lipinski definition) is 0. The molecule has 32 heavy (non-hydrogen) atoms. The summed E-state index contributed by atoms with van der Waals surface area (Å²) in [6, 6.07) is 28.6. The molecule has 2 heteroatoms. The third-order valence-electron chi connectivity index (χ3n) is 6.00. The Morgan fingerprint density at radius 1 is 0.531 bits per heavy atom. The van der Waals surface area contributed by atoms with E-state index < -0.39 is 0 Å². The quantitative estimate of drug-likeness (QED) is 0.270. The maximum Gasteiger partial charge on any atom is 0.0237 e. The monoisotopic (exact) mass is 428 g/mol. The molecule has 3 aromatic carbocycles.